The highest BCUT2D eigenvalue weighted by molar-refractivity contribution is 5.97. The van der Waals surface area contributed by atoms with Gasteiger partial charge in [-0.25, -0.2) is 9.97 Å². The molecule has 2 heterocycles. The summed E-state index contributed by atoms with van der Waals surface area (Å²) in [6, 6.07) is 3.53. The van der Waals surface area contributed by atoms with Crippen molar-refractivity contribution in [1.82, 2.24) is 14.5 Å². The van der Waals surface area contributed by atoms with E-state index in [1.807, 2.05) is 24.6 Å². The average molecular weight is 245 g/mol. The number of aryl methyl sites for hydroxylation is 2. The van der Waals surface area contributed by atoms with Crippen LogP contribution in [-0.2, 0) is 6.42 Å². The van der Waals surface area contributed by atoms with Gasteiger partial charge in [0, 0.05) is 30.1 Å². The first-order chi connectivity index (χ1) is 8.65. The Morgan fingerprint density at radius 1 is 1.50 bits per heavy atom. The smallest absolute Gasteiger partial charge is 0.170 e. The van der Waals surface area contributed by atoms with E-state index in [1.54, 1.807) is 18.3 Å². The molecule has 94 valence electrons. The Labute approximate surface area is 105 Å². The van der Waals surface area contributed by atoms with Gasteiger partial charge in [-0.15, -0.1) is 0 Å². The summed E-state index contributed by atoms with van der Waals surface area (Å²) in [5, 5.41) is 11.7. The van der Waals surface area contributed by atoms with Crippen molar-refractivity contribution < 1.29 is 5.21 Å². The second kappa shape index (κ2) is 4.87. The topological polar surface area (TPSA) is 89.3 Å². The predicted octanol–water partition coefficient (Wildman–Crippen LogP) is 1.23. The van der Waals surface area contributed by atoms with Crippen molar-refractivity contribution in [1.29, 1.82) is 0 Å². The summed E-state index contributed by atoms with van der Waals surface area (Å²) in [6.07, 6.45) is 4.38. The summed E-state index contributed by atoms with van der Waals surface area (Å²) in [5.74, 6) is 1.70. The number of pyridine rings is 1. The Hall–Kier alpha value is -2.37. The molecule has 3 N–H and O–H groups in total. The van der Waals surface area contributed by atoms with Crippen LogP contribution < -0.4 is 5.73 Å². The van der Waals surface area contributed by atoms with E-state index in [0.717, 1.165) is 17.9 Å². The molecule has 0 radical (unpaired) electrons. The van der Waals surface area contributed by atoms with Gasteiger partial charge >= 0.3 is 0 Å². The van der Waals surface area contributed by atoms with Gasteiger partial charge in [0.2, 0.25) is 0 Å². The van der Waals surface area contributed by atoms with Crippen molar-refractivity contribution in [2.45, 2.75) is 20.3 Å². The quantitative estimate of drug-likeness (QED) is 0.368. The van der Waals surface area contributed by atoms with Gasteiger partial charge in [-0.3, -0.25) is 4.57 Å². The number of imidazole rings is 1. The minimum absolute atomic E-state index is 0.0694. The normalized spacial score (nSPS) is 11.8. The zero-order valence-electron chi connectivity index (χ0n) is 10.3. The summed E-state index contributed by atoms with van der Waals surface area (Å²) < 4.78 is 1.89. The highest BCUT2D eigenvalue weighted by Crippen LogP contribution is 2.12. The molecule has 18 heavy (non-hydrogen) atoms. The van der Waals surface area contributed by atoms with Crippen LogP contribution in [0.1, 0.15) is 24.0 Å². The number of amidine groups is 1. The fourth-order valence-electron chi connectivity index (χ4n) is 1.78. The maximum absolute atomic E-state index is 8.72. The number of nitrogens with zero attached hydrogens (tertiary/aromatic N) is 4. The first kappa shape index (κ1) is 12.1. The van der Waals surface area contributed by atoms with Gasteiger partial charge in [-0.2, -0.15) is 0 Å². The monoisotopic (exact) mass is 245 g/mol. The molecule has 2 rings (SSSR count). The molecule has 0 amide bonds. The summed E-state index contributed by atoms with van der Waals surface area (Å²) in [4.78, 5) is 8.68. The number of hydrogen-bond acceptors (Lipinski definition) is 4. The van der Waals surface area contributed by atoms with Crippen LogP contribution in [-0.4, -0.2) is 25.6 Å². The Bertz CT molecular complexity index is 588. The lowest BCUT2D eigenvalue weighted by Crippen LogP contribution is -2.15. The van der Waals surface area contributed by atoms with E-state index in [1.165, 1.54) is 0 Å². The highest BCUT2D eigenvalue weighted by atomic mass is 16.4. The van der Waals surface area contributed by atoms with Crippen LogP contribution in [0.2, 0.25) is 0 Å². The maximum Gasteiger partial charge on any atom is 0.170 e. The molecule has 0 unspecified atom stereocenters. The van der Waals surface area contributed by atoms with Crippen LogP contribution in [0.3, 0.4) is 0 Å². The van der Waals surface area contributed by atoms with Crippen molar-refractivity contribution in [3.63, 3.8) is 0 Å². The third-order valence-electron chi connectivity index (χ3n) is 2.62. The molecule has 0 aliphatic heterocycles. The molecular formula is C12H15N5O. The van der Waals surface area contributed by atoms with E-state index in [-0.39, 0.29) is 5.84 Å². The fraction of sp³-hybridized carbons (Fsp3) is 0.250. The molecule has 0 aliphatic rings. The molecular weight excluding hydrogens is 230 g/mol. The molecule has 2 aromatic rings. The van der Waals surface area contributed by atoms with E-state index in [0.29, 0.717) is 11.4 Å². The van der Waals surface area contributed by atoms with Gasteiger partial charge in [0.15, 0.2) is 5.84 Å². The van der Waals surface area contributed by atoms with Crippen molar-refractivity contribution >= 4 is 5.84 Å². The Morgan fingerprint density at radius 2 is 2.28 bits per heavy atom. The van der Waals surface area contributed by atoms with Gasteiger partial charge in [0.1, 0.15) is 11.6 Å². The molecule has 0 aromatic carbocycles. The molecule has 0 saturated heterocycles. The minimum atomic E-state index is 0.0694. The Kier molecular flexibility index (Phi) is 3.27. The number of nitrogens with two attached hydrogens (primary N) is 1. The van der Waals surface area contributed by atoms with E-state index < -0.39 is 0 Å². The minimum Gasteiger partial charge on any atom is -0.409 e. The third kappa shape index (κ3) is 2.17. The zero-order valence-corrected chi connectivity index (χ0v) is 10.3. The van der Waals surface area contributed by atoms with Gasteiger partial charge < -0.3 is 10.9 Å². The van der Waals surface area contributed by atoms with Gasteiger partial charge in [0.25, 0.3) is 0 Å². The third-order valence-corrected chi connectivity index (χ3v) is 2.62. The van der Waals surface area contributed by atoms with Gasteiger partial charge in [-0.05, 0) is 19.1 Å². The predicted molar refractivity (Wildman–Crippen MR) is 68.0 cm³/mol. The first-order valence-electron chi connectivity index (χ1n) is 5.65. The van der Waals surface area contributed by atoms with Crippen LogP contribution >= 0.6 is 0 Å². The van der Waals surface area contributed by atoms with Crippen LogP contribution in [0.4, 0.5) is 0 Å². The van der Waals surface area contributed by atoms with Crippen molar-refractivity contribution in [3.8, 4) is 5.82 Å². The van der Waals surface area contributed by atoms with Crippen molar-refractivity contribution in [2.75, 3.05) is 0 Å². The highest BCUT2D eigenvalue weighted by Gasteiger charge is 2.08. The molecule has 6 nitrogen and oxygen atoms in total. The second-order valence-electron chi connectivity index (χ2n) is 3.91. The Morgan fingerprint density at radius 3 is 2.94 bits per heavy atom. The average Bonchev–Trinajstić information content (AvgIpc) is 2.85. The first-order valence-corrected chi connectivity index (χ1v) is 5.65. The lowest BCUT2D eigenvalue weighted by molar-refractivity contribution is 0.318. The molecule has 0 saturated carbocycles. The summed E-state index contributed by atoms with van der Waals surface area (Å²) in [7, 11) is 0. The van der Waals surface area contributed by atoms with Crippen molar-refractivity contribution in [2.24, 2.45) is 10.9 Å². The number of oxime groups is 1. The van der Waals surface area contributed by atoms with E-state index in [2.05, 4.69) is 15.1 Å². The molecule has 0 bridgehead atoms. The van der Waals surface area contributed by atoms with E-state index >= 15 is 0 Å². The standard InChI is InChI=1S/C12H15N5O/c1-3-10-14-4-5-17(10)11-7-9(12(13)16-18)6-8(2)15-11/h4-7,18H,3H2,1-2H3,(H2,13,16). The molecule has 6 heteroatoms. The van der Waals surface area contributed by atoms with E-state index in [9.17, 15) is 0 Å². The van der Waals surface area contributed by atoms with Gasteiger partial charge in [0.05, 0.1) is 0 Å². The van der Waals surface area contributed by atoms with Crippen LogP contribution in [0.25, 0.3) is 5.82 Å². The summed E-state index contributed by atoms with van der Waals surface area (Å²) in [5.41, 5.74) is 7.03. The largest absolute Gasteiger partial charge is 0.409 e. The number of rotatable bonds is 3. The van der Waals surface area contributed by atoms with Crippen molar-refractivity contribution in [3.05, 3.63) is 41.6 Å². The SMILES string of the molecule is CCc1nccn1-c1cc(/C(N)=N/O)cc(C)n1. The van der Waals surface area contributed by atoms with Gasteiger partial charge in [-0.1, -0.05) is 12.1 Å². The molecule has 0 fully saturated rings. The van der Waals surface area contributed by atoms with Crippen LogP contribution in [0.5, 0.6) is 0 Å². The molecule has 0 atom stereocenters. The molecule has 0 aliphatic carbocycles. The Balaban J connectivity index is 2.55. The molecule has 0 spiro atoms. The number of hydrogen-bond donors (Lipinski definition) is 2. The second-order valence-corrected chi connectivity index (χ2v) is 3.91. The van der Waals surface area contributed by atoms with Crippen LogP contribution in [0.15, 0.2) is 29.7 Å². The lowest BCUT2D eigenvalue weighted by Gasteiger charge is -2.08. The number of aromatic nitrogens is 3. The van der Waals surface area contributed by atoms with Crippen LogP contribution in [0, 0.1) is 6.92 Å². The maximum atomic E-state index is 8.72. The fourth-order valence-corrected chi connectivity index (χ4v) is 1.78. The lowest BCUT2D eigenvalue weighted by atomic mass is 10.2. The van der Waals surface area contributed by atoms with E-state index in [4.69, 9.17) is 10.9 Å². The molecule has 2 aromatic heterocycles. The summed E-state index contributed by atoms with van der Waals surface area (Å²) in [6.45, 7) is 3.89. The zero-order chi connectivity index (χ0) is 13.1. The summed E-state index contributed by atoms with van der Waals surface area (Å²) >= 11 is 0.